The van der Waals surface area contributed by atoms with E-state index >= 15 is 0 Å². The van der Waals surface area contributed by atoms with Crippen molar-refractivity contribution in [2.24, 2.45) is 11.1 Å². The monoisotopic (exact) mass is 296 g/mol. The highest BCUT2D eigenvalue weighted by Gasteiger charge is 2.39. The minimum atomic E-state index is 0.0637. The van der Waals surface area contributed by atoms with Gasteiger partial charge in [-0.3, -0.25) is 14.5 Å². The first-order valence-corrected chi connectivity index (χ1v) is 8.05. The number of hydrogen-bond donors (Lipinski definition) is 2. The van der Waals surface area contributed by atoms with Crippen molar-refractivity contribution < 1.29 is 9.59 Å². The van der Waals surface area contributed by atoms with E-state index in [1.54, 1.807) is 0 Å². The fraction of sp³-hybridized carbons (Fsp3) is 0.867. The first kappa shape index (κ1) is 16.2. The number of nitrogens with zero attached hydrogens (tertiary/aromatic N) is 2. The second-order valence-corrected chi connectivity index (χ2v) is 6.34. The van der Waals surface area contributed by atoms with Crippen LogP contribution >= 0.6 is 0 Å². The zero-order valence-electron chi connectivity index (χ0n) is 13.1. The average molecular weight is 296 g/mol. The fourth-order valence-electron chi connectivity index (χ4n) is 3.17. The van der Waals surface area contributed by atoms with E-state index in [1.807, 2.05) is 11.8 Å². The van der Waals surface area contributed by atoms with Gasteiger partial charge in [-0.25, -0.2) is 0 Å². The van der Waals surface area contributed by atoms with Crippen LogP contribution in [0, 0.1) is 5.41 Å². The van der Waals surface area contributed by atoms with Crippen molar-refractivity contribution in [3.05, 3.63) is 0 Å². The summed E-state index contributed by atoms with van der Waals surface area (Å²) in [6.45, 7) is 6.63. The Kier molecular flexibility index (Phi) is 5.58. The van der Waals surface area contributed by atoms with Crippen LogP contribution in [0.2, 0.25) is 0 Å². The lowest BCUT2D eigenvalue weighted by atomic mass is 9.66. The van der Waals surface area contributed by atoms with Gasteiger partial charge in [-0.05, 0) is 31.7 Å². The molecule has 0 aromatic heterocycles. The second-order valence-electron chi connectivity index (χ2n) is 6.34. The quantitative estimate of drug-likeness (QED) is 0.711. The van der Waals surface area contributed by atoms with Gasteiger partial charge in [0.1, 0.15) is 0 Å². The smallest absolute Gasteiger partial charge is 0.234 e. The highest BCUT2D eigenvalue weighted by atomic mass is 16.2. The van der Waals surface area contributed by atoms with Crippen molar-refractivity contribution in [2.45, 2.75) is 32.6 Å². The van der Waals surface area contributed by atoms with Crippen molar-refractivity contribution >= 4 is 11.8 Å². The number of nitrogens with two attached hydrogens (primary N) is 1. The van der Waals surface area contributed by atoms with Gasteiger partial charge in [-0.1, -0.05) is 6.42 Å². The van der Waals surface area contributed by atoms with Gasteiger partial charge in [0, 0.05) is 39.1 Å². The molecule has 1 heterocycles. The van der Waals surface area contributed by atoms with Crippen LogP contribution in [-0.4, -0.2) is 67.4 Å². The molecule has 3 N–H and O–H groups in total. The summed E-state index contributed by atoms with van der Waals surface area (Å²) in [5.74, 6) is 0.298. The molecule has 0 unspecified atom stereocenters. The third kappa shape index (κ3) is 4.17. The minimum Gasteiger partial charge on any atom is -0.355 e. The molecule has 1 aliphatic heterocycles. The molecule has 2 amide bonds. The van der Waals surface area contributed by atoms with Gasteiger partial charge in [0.2, 0.25) is 11.8 Å². The normalized spacial score (nSPS) is 21.7. The number of piperazine rings is 1. The van der Waals surface area contributed by atoms with Gasteiger partial charge in [0.05, 0.1) is 6.54 Å². The maximum absolute atomic E-state index is 12.4. The number of nitrogens with one attached hydrogen (secondary N) is 1. The predicted molar refractivity (Wildman–Crippen MR) is 81.7 cm³/mol. The number of carbonyl (C=O) groups excluding carboxylic acids is 2. The maximum Gasteiger partial charge on any atom is 0.234 e. The summed E-state index contributed by atoms with van der Waals surface area (Å²) in [5, 5.41) is 2.81. The van der Waals surface area contributed by atoms with Crippen LogP contribution in [0.4, 0.5) is 0 Å². The van der Waals surface area contributed by atoms with Crippen molar-refractivity contribution in [2.75, 3.05) is 45.8 Å². The predicted octanol–water partition coefficient (Wildman–Crippen LogP) is -0.214. The first-order valence-electron chi connectivity index (χ1n) is 8.05. The van der Waals surface area contributed by atoms with Gasteiger partial charge < -0.3 is 16.0 Å². The van der Waals surface area contributed by atoms with Gasteiger partial charge in [-0.2, -0.15) is 0 Å². The third-order valence-electron chi connectivity index (χ3n) is 4.84. The molecule has 0 radical (unpaired) electrons. The fourth-order valence-corrected chi connectivity index (χ4v) is 3.17. The number of likely N-dealkylation sites (N-methyl/N-ethyl adjacent to an activating group) is 1. The number of amides is 2. The molecule has 120 valence electrons. The summed E-state index contributed by atoms with van der Waals surface area (Å²) in [6, 6.07) is 0. The minimum absolute atomic E-state index is 0.0637. The number of hydrogen-bond acceptors (Lipinski definition) is 4. The molecule has 6 nitrogen and oxygen atoms in total. The summed E-state index contributed by atoms with van der Waals surface area (Å²) < 4.78 is 0. The molecule has 2 aliphatic rings. The molecule has 21 heavy (non-hydrogen) atoms. The number of carbonyl (C=O) groups is 2. The van der Waals surface area contributed by atoms with Crippen molar-refractivity contribution in [1.82, 2.24) is 15.1 Å². The lowest BCUT2D eigenvalue weighted by Gasteiger charge is -2.42. The van der Waals surface area contributed by atoms with E-state index < -0.39 is 0 Å². The molecule has 6 heteroatoms. The van der Waals surface area contributed by atoms with Gasteiger partial charge in [0.25, 0.3) is 0 Å². The summed E-state index contributed by atoms with van der Waals surface area (Å²) in [4.78, 5) is 28.0. The van der Waals surface area contributed by atoms with E-state index in [2.05, 4.69) is 10.2 Å². The van der Waals surface area contributed by atoms with Crippen LogP contribution < -0.4 is 11.1 Å². The summed E-state index contributed by atoms with van der Waals surface area (Å²) in [7, 11) is 0. The Hall–Kier alpha value is -1.14. The van der Waals surface area contributed by atoms with E-state index in [-0.39, 0.29) is 17.2 Å². The van der Waals surface area contributed by atoms with Crippen molar-refractivity contribution in [1.29, 1.82) is 0 Å². The molecule has 1 aliphatic carbocycles. The van der Waals surface area contributed by atoms with Crippen LogP contribution in [-0.2, 0) is 9.59 Å². The lowest BCUT2D eigenvalue weighted by molar-refractivity contribution is -0.137. The highest BCUT2D eigenvalue weighted by molar-refractivity contribution is 5.78. The maximum atomic E-state index is 12.4. The summed E-state index contributed by atoms with van der Waals surface area (Å²) in [6.07, 6.45) is 3.98. The molecule has 0 atom stereocenters. The Balaban J connectivity index is 1.73. The van der Waals surface area contributed by atoms with E-state index in [1.165, 1.54) is 6.42 Å². The summed E-state index contributed by atoms with van der Waals surface area (Å²) in [5.41, 5.74) is 5.91. The Morgan fingerprint density at radius 3 is 2.33 bits per heavy atom. The van der Waals surface area contributed by atoms with Crippen LogP contribution in [0.1, 0.15) is 32.6 Å². The molecule has 2 fully saturated rings. The molecule has 2 rings (SSSR count). The zero-order chi connectivity index (χ0) is 15.3. The Labute approximate surface area is 127 Å². The van der Waals surface area contributed by atoms with Crippen LogP contribution in [0.5, 0.6) is 0 Å². The Bertz CT molecular complexity index is 368. The molecule has 0 aromatic rings. The molecular formula is C15H28N4O2. The Morgan fingerprint density at radius 2 is 1.86 bits per heavy atom. The SMILES string of the molecule is CCNC(=O)CN1CCN(C(=O)CC2(CN)CCC2)CC1. The van der Waals surface area contributed by atoms with Crippen molar-refractivity contribution in [3.63, 3.8) is 0 Å². The zero-order valence-corrected chi connectivity index (χ0v) is 13.1. The first-order chi connectivity index (χ1) is 10.1. The van der Waals surface area contributed by atoms with Gasteiger partial charge in [-0.15, -0.1) is 0 Å². The molecule has 0 bridgehead atoms. The lowest BCUT2D eigenvalue weighted by Crippen LogP contribution is -2.52. The largest absolute Gasteiger partial charge is 0.355 e. The van der Waals surface area contributed by atoms with Crippen LogP contribution in [0.3, 0.4) is 0 Å². The molecular weight excluding hydrogens is 268 g/mol. The molecule has 1 saturated heterocycles. The van der Waals surface area contributed by atoms with Gasteiger partial charge in [0.15, 0.2) is 0 Å². The van der Waals surface area contributed by atoms with E-state index in [4.69, 9.17) is 5.73 Å². The summed E-state index contributed by atoms with van der Waals surface area (Å²) >= 11 is 0. The second kappa shape index (κ2) is 7.22. The number of rotatable bonds is 6. The molecule has 1 saturated carbocycles. The average Bonchev–Trinajstić information content (AvgIpc) is 2.43. The molecule has 0 aromatic carbocycles. The van der Waals surface area contributed by atoms with E-state index in [0.717, 1.165) is 39.0 Å². The van der Waals surface area contributed by atoms with E-state index in [9.17, 15) is 9.59 Å². The topological polar surface area (TPSA) is 78.7 Å². The van der Waals surface area contributed by atoms with Crippen LogP contribution in [0.25, 0.3) is 0 Å². The van der Waals surface area contributed by atoms with Crippen molar-refractivity contribution in [3.8, 4) is 0 Å². The molecule has 0 spiro atoms. The van der Waals surface area contributed by atoms with Crippen LogP contribution in [0.15, 0.2) is 0 Å². The third-order valence-corrected chi connectivity index (χ3v) is 4.84. The van der Waals surface area contributed by atoms with E-state index in [0.29, 0.717) is 26.1 Å². The Morgan fingerprint density at radius 1 is 1.19 bits per heavy atom. The van der Waals surface area contributed by atoms with Gasteiger partial charge >= 0.3 is 0 Å². The standard InChI is InChI=1S/C15H28N4O2/c1-2-17-13(20)11-18-6-8-19(9-7-18)14(21)10-15(12-16)4-3-5-15/h2-12,16H2,1H3,(H,17,20). The highest BCUT2D eigenvalue weighted by Crippen LogP contribution is 2.43.